The van der Waals surface area contributed by atoms with Gasteiger partial charge in [0.15, 0.2) is 16.6 Å². The second-order valence-corrected chi connectivity index (χ2v) is 6.01. The van der Waals surface area contributed by atoms with E-state index in [1.54, 1.807) is 0 Å². The first-order valence-corrected chi connectivity index (χ1v) is 8.20. The minimum absolute atomic E-state index is 0.0118. The van der Waals surface area contributed by atoms with Crippen LogP contribution in [0.25, 0.3) is 0 Å². The van der Waals surface area contributed by atoms with E-state index in [0.29, 0.717) is 24.2 Å². The topological polar surface area (TPSA) is 69.4 Å². The number of hydrogen-bond acceptors (Lipinski definition) is 6. The molecule has 0 amide bonds. The van der Waals surface area contributed by atoms with E-state index >= 15 is 0 Å². The Morgan fingerprint density at radius 3 is 2.85 bits per heavy atom. The van der Waals surface area contributed by atoms with E-state index in [-0.39, 0.29) is 5.60 Å². The molecular formula is C14H25N3O2S. The smallest absolute Gasteiger partial charge is 0.197 e. The molecule has 0 aromatic carbocycles. The van der Waals surface area contributed by atoms with Gasteiger partial charge in [0, 0.05) is 12.6 Å². The number of nitrogens with zero attached hydrogens (tertiary/aromatic N) is 1. The first kappa shape index (κ1) is 15.4. The van der Waals surface area contributed by atoms with Crippen molar-refractivity contribution >= 4 is 22.4 Å². The molecule has 0 radical (unpaired) electrons. The number of hydrogen-bond donors (Lipinski definition) is 2. The van der Waals surface area contributed by atoms with Gasteiger partial charge in [-0.25, -0.2) is 0 Å². The van der Waals surface area contributed by atoms with Crippen LogP contribution in [0.15, 0.2) is 0 Å². The van der Waals surface area contributed by atoms with Crippen LogP contribution in [0, 0.1) is 0 Å². The monoisotopic (exact) mass is 299 g/mol. The average molecular weight is 299 g/mol. The highest BCUT2D eigenvalue weighted by atomic mass is 32.1. The maximum absolute atomic E-state index is 6.01. The number of nitrogen functional groups attached to an aromatic ring is 1. The van der Waals surface area contributed by atoms with E-state index in [1.165, 1.54) is 11.5 Å². The van der Waals surface area contributed by atoms with Crippen molar-refractivity contribution in [3.8, 4) is 5.75 Å². The van der Waals surface area contributed by atoms with Crippen LogP contribution in [0.4, 0.5) is 10.8 Å². The summed E-state index contributed by atoms with van der Waals surface area (Å²) in [4.78, 5) is 0. The van der Waals surface area contributed by atoms with E-state index in [1.807, 2.05) is 6.92 Å². The molecule has 2 rings (SSSR count). The molecule has 5 nitrogen and oxygen atoms in total. The Labute approximate surface area is 125 Å². The summed E-state index contributed by atoms with van der Waals surface area (Å²) in [5.41, 5.74) is 5.86. The summed E-state index contributed by atoms with van der Waals surface area (Å²) in [6, 6.07) is 0.391. The van der Waals surface area contributed by atoms with Gasteiger partial charge in [0.05, 0.1) is 12.2 Å². The predicted octanol–water partition coefficient (Wildman–Crippen LogP) is 3.27. The molecule has 1 aromatic rings. The Morgan fingerprint density at radius 2 is 2.20 bits per heavy atom. The van der Waals surface area contributed by atoms with E-state index in [0.717, 1.165) is 37.3 Å². The average Bonchev–Trinajstić information content (AvgIpc) is 2.81. The van der Waals surface area contributed by atoms with Gasteiger partial charge < -0.3 is 20.5 Å². The van der Waals surface area contributed by atoms with E-state index in [4.69, 9.17) is 15.2 Å². The Balaban J connectivity index is 2.06. The summed E-state index contributed by atoms with van der Waals surface area (Å²) < 4.78 is 15.8. The van der Waals surface area contributed by atoms with Crippen LogP contribution in [-0.2, 0) is 4.74 Å². The normalized spacial score (nSPS) is 21.6. The molecule has 2 heterocycles. The number of nitrogens with two attached hydrogens (primary N) is 1. The minimum Gasteiger partial charge on any atom is -0.487 e. The number of ether oxygens (including phenoxy) is 2. The van der Waals surface area contributed by atoms with Gasteiger partial charge in [-0.1, -0.05) is 13.8 Å². The lowest BCUT2D eigenvalue weighted by Crippen LogP contribution is -2.43. The van der Waals surface area contributed by atoms with Gasteiger partial charge in [0.2, 0.25) is 0 Å². The highest BCUT2D eigenvalue weighted by Crippen LogP contribution is 2.38. The van der Waals surface area contributed by atoms with Crippen LogP contribution >= 0.6 is 11.5 Å². The van der Waals surface area contributed by atoms with Crippen molar-refractivity contribution in [1.29, 1.82) is 0 Å². The highest BCUT2D eigenvalue weighted by Gasteiger charge is 2.35. The third kappa shape index (κ3) is 3.17. The third-order valence-electron chi connectivity index (χ3n) is 4.08. The van der Waals surface area contributed by atoms with Crippen molar-refractivity contribution in [1.82, 2.24) is 4.37 Å². The van der Waals surface area contributed by atoms with Gasteiger partial charge in [0.1, 0.15) is 0 Å². The van der Waals surface area contributed by atoms with Crippen LogP contribution in [0.3, 0.4) is 0 Å². The maximum Gasteiger partial charge on any atom is 0.197 e. The van der Waals surface area contributed by atoms with Crippen molar-refractivity contribution in [2.24, 2.45) is 0 Å². The summed E-state index contributed by atoms with van der Waals surface area (Å²) in [7, 11) is 0. The van der Waals surface area contributed by atoms with Gasteiger partial charge in [-0.15, -0.1) is 0 Å². The molecule has 20 heavy (non-hydrogen) atoms. The summed E-state index contributed by atoms with van der Waals surface area (Å²) in [5, 5.41) is 4.49. The van der Waals surface area contributed by atoms with Gasteiger partial charge in [-0.05, 0) is 44.1 Å². The molecule has 1 saturated heterocycles. The molecule has 1 atom stereocenters. The van der Waals surface area contributed by atoms with E-state index < -0.39 is 0 Å². The van der Waals surface area contributed by atoms with Crippen molar-refractivity contribution in [2.75, 3.05) is 24.3 Å². The number of nitrogens with one attached hydrogen (secondary N) is 1. The molecule has 0 bridgehead atoms. The molecule has 3 N–H and O–H groups in total. The Hall–Kier alpha value is -1.01. The van der Waals surface area contributed by atoms with Gasteiger partial charge >= 0.3 is 0 Å². The summed E-state index contributed by atoms with van der Waals surface area (Å²) >= 11 is 1.37. The standard InChI is InChI=1S/C14H25N3O2S/c1-4-14(5-2)9-10(7-8-19-14)16-13-11(18-6-3)12(15)17-20-13/h10,16H,4-9H2,1-3H3,(H2,15,17). The predicted molar refractivity (Wildman–Crippen MR) is 83.6 cm³/mol. The summed E-state index contributed by atoms with van der Waals surface area (Å²) in [6.45, 7) is 7.75. The molecule has 1 aliphatic rings. The molecule has 0 aliphatic carbocycles. The van der Waals surface area contributed by atoms with Crippen LogP contribution in [0.1, 0.15) is 46.5 Å². The number of rotatable bonds is 6. The van der Waals surface area contributed by atoms with Crippen molar-refractivity contribution < 1.29 is 9.47 Å². The summed E-state index contributed by atoms with van der Waals surface area (Å²) in [6.07, 6.45) is 4.12. The van der Waals surface area contributed by atoms with Gasteiger partial charge in [0.25, 0.3) is 0 Å². The zero-order chi connectivity index (χ0) is 14.6. The summed E-state index contributed by atoms with van der Waals surface area (Å²) in [5.74, 6) is 1.17. The first-order valence-electron chi connectivity index (χ1n) is 7.42. The lowest BCUT2D eigenvalue weighted by molar-refractivity contribution is -0.0864. The van der Waals surface area contributed by atoms with Crippen molar-refractivity contribution in [3.63, 3.8) is 0 Å². The molecule has 6 heteroatoms. The van der Waals surface area contributed by atoms with Gasteiger partial charge in [-0.3, -0.25) is 0 Å². The molecule has 1 aliphatic heterocycles. The van der Waals surface area contributed by atoms with E-state index in [9.17, 15) is 0 Å². The second-order valence-electron chi connectivity index (χ2n) is 5.23. The van der Waals surface area contributed by atoms with Crippen LogP contribution < -0.4 is 15.8 Å². The Kier molecular flexibility index (Phi) is 5.10. The first-order chi connectivity index (χ1) is 9.64. The lowest BCUT2D eigenvalue weighted by Gasteiger charge is -2.40. The third-order valence-corrected chi connectivity index (χ3v) is 4.85. The maximum atomic E-state index is 6.01. The Bertz CT molecular complexity index is 432. The number of aromatic nitrogens is 1. The molecular weight excluding hydrogens is 274 g/mol. The molecule has 1 unspecified atom stereocenters. The Morgan fingerprint density at radius 1 is 1.45 bits per heavy atom. The lowest BCUT2D eigenvalue weighted by atomic mass is 9.86. The minimum atomic E-state index is 0.0118. The molecule has 0 saturated carbocycles. The molecule has 114 valence electrons. The highest BCUT2D eigenvalue weighted by molar-refractivity contribution is 7.11. The van der Waals surface area contributed by atoms with Crippen molar-refractivity contribution in [3.05, 3.63) is 0 Å². The van der Waals surface area contributed by atoms with Crippen LogP contribution in [0.5, 0.6) is 5.75 Å². The largest absolute Gasteiger partial charge is 0.487 e. The van der Waals surface area contributed by atoms with Crippen LogP contribution in [0.2, 0.25) is 0 Å². The fourth-order valence-corrected chi connectivity index (χ4v) is 3.49. The second kappa shape index (κ2) is 6.63. The van der Waals surface area contributed by atoms with Gasteiger partial charge in [-0.2, -0.15) is 4.37 Å². The fourth-order valence-electron chi connectivity index (χ4n) is 2.75. The van der Waals surface area contributed by atoms with Crippen LogP contribution in [-0.4, -0.2) is 29.2 Å². The zero-order valence-electron chi connectivity index (χ0n) is 12.6. The molecule has 0 spiro atoms. The quantitative estimate of drug-likeness (QED) is 0.843. The SMILES string of the molecule is CCOc1c(N)nsc1NC1CCOC(CC)(CC)C1. The fraction of sp³-hybridized carbons (Fsp3) is 0.786. The zero-order valence-corrected chi connectivity index (χ0v) is 13.4. The van der Waals surface area contributed by atoms with E-state index in [2.05, 4.69) is 23.5 Å². The molecule has 1 aromatic heterocycles. The molecule has 1 fully saturated rings. The van der Waals surface area contributed by atoms with Crippen molar-refractivity contribution in [2.45, 2.75) is 58.1 Å². The number of anilines is 2.